The molecule has 6 fully saturated rings. The van der Waals surface area contributed by atoms with E-state index in [2.05, 4.69) is 426 Å². The van der Waals surface area contributed by atoms with E-state index in [1.165, 1.54) is 41.5 Å². The third-order valence-corrected chi connectivity index (χ3v) is 97.3. The molecule has 0 unspecified atom stereocenters. The van der Waals surface area contributed by atoms with Gasteiger partial charge in [-0.05, 0) is 145 Å². The minimum absolute atomic E-state index is 0.395. The Labute approximate surface area is 775 Å². The quantitative estimate of drug-likeness (QED) is 0.0374. The van der Waals surface area contributed by atoms with Crippen LogP contribution in [0.5, 0.6) is 0 Å². The van der Waals surface area contributed by atoms with Crippen molar-refractivity contribution in [2.75, 3.05) is 0 Å². The largest absolute Gasteiger partial charge is 0.478 e. The molecule has 0 aromatic heterocycles. The van der Waals surface area contributed by atoms with Gasteiger partial charge in [0.05, 0.1) is 64.6 Å². The van der Waals surface area contributed by atoms with E-state index in [0.29, 0.717) is 48.4 Å². The molecule has 6 heterocycles. The van der Waals surface area contributed by atoms with Crippen LogP contribution < -0.4 is 41.5 Å². The smallest absolute Gasteiger partial charge is 0.373 e. The second kappa shape index (κ2) is 36.3. The lowest BCUT2D eigenvalue weighted by atomic mass is 10.4. The Morgan fingerprint density at radius 1 is 0.155 bits per heavy atom. The summed E-state index contributed by atoms with van der Waals surface area (Å²) in [5, 5.41) is 10.5. The maximum absolute atomic E-state index is 9.08. The summed E-state index contributed by atoms with van der Waals surface area (Å²) in [5.74, 6) is 0. The topological polar surface area (TPSA) is 111 Å². The molecule has 0 radical (unpaired) electrons. The average Bonchev–Trinajstić information content (AvgIpc) is 0.682. The summed E-state index contributed by atoms with van der Waals surface area (Å²) in [6, 6.07) is 80.7. The van der Waals surface area contributed by atoms with Crippen LogP contribution in [0.2, 0.25) is 201 Å². The third-order valence-electron chi connectivity index (χ3n) is 25.2. The molecule has 6 saturated heterocycles. The summed E-state index contributed by atoms with van der Waals surface area (Å²) in [6.45, 7) is 39.7. The zero-order valence-corrected chi connectivity index (χ0v) is 98.4. The van der Waals surface area contributed by atoms with E-state index < -0.39 is 135 Å². The summed E-state index contributed by atoms with van der Waals surface area (Å²) in [4.78, 5) is 0. The lowest BCUT2D eigenvalue weighted by Gasteiger charge is -2.64. The normalized spacial score (nSPS) is 26.0. The van der Waals surface area contributed by atoms with E-state index in [-0.39, 0.29) is 0 Å². The average molecular weight is 2350 g/mol. The predicted octanol–water partition coefficient (Wildman–Crippen LogP) is 22.8. The lowest BCUT2D eigenvalue weighted by Crippen LogP contribution is -2.88. The Morgan fingerprint density at radius 3 is 0.310 bits per heavy atom. The highest BCUT2D eigenvalue weighted by Crippen LogP contribution is 2.57. The second-order valence-corrected chi connectivity index (χ2v) is 109. The molecular formula is C80H112Br8O12Si16. The molecule has 0 saturated carbocycles. The minimum Gasteiger partial charge on any atom is -0.373 e. The Bertz CT molecular complexity index is 3780. The molecule has 624 valence electrons. The Morgan fingerprint density at radius 2 is 0.233 bits per heavy atom. The molecule has 0 aliphatic carbocycles. The molecule has 8 bridgehead atoms. The molecule has 0 atom stereocenters. The first-order valence-corrected chi connectivity index (χ1v) is 88.1. The summed E-state index contributed by atoms with van der Waals surface area (Å²) in [6.07, 6.45) is 0. The van der Waals surface area contributed by atoms with Gasteiger partial charge in [0.25, 0.3) is 0 Å². The third kappa shape index (κ3) is 22.5. The van der Waals surface area contributed by atoms with Gasteiger partial charge in [0.15, 0.2) is 0 Å². The Hall–Kier alpha value is 0.590. The number of rotatable bonds is 32. The molecule has 12 nitrogen and oxygen atoms in total. The van der Waals surface area contributed by atoms with Gasteiger partial charge in [-0.1, -0.05) is 371 Å². The van der Waals surface area contributed by atoms with Gasteiger partial charge in [-0.15, -0.1) is 0 Å². The van der Waals surface area contributed by atoms with E-state index in [1.807, 2.05) is 0 Å². The first-order valence-electron chi connectivity index (χ1n) is 40.6. The van der Waals surface area contributed by atoms with Crippen molar-refractivity contribution in [3.05, 3.63) is 230 Å². The molecule has 0 spiro atoms. The number of hydrogen-bond donors (Lipinski definition) is 0. The van der Waals surface area contributed by atoms with E-state index in [4.69, 9.17) is 49.4 Å². The van der Waals surface area contributed by atoms with Crippen molar-refractivity contribution in [3.63, 3.8) is 0 Å². The van der Waals surface area contributed by atoms with Gasteiger partial charge in [0.2, 0.25) is 0 Å². The van der Waals surface area contributed by atoms with Crippen molar-refractivity contribution in [2.24, 2.45) is 0 Å². The minimum atomic E-state index is -4.61. The van der Waals surface area contributed by atoms with Crippen LogP contribution in [0.1, 0.15) is 0 Å². The van der Waals surface area contributed by atoms with Crippen molar-refractivity contribution in [1.29, 1.82) is 0 Å². The van der Waals surface area contributed by atoms with E-state index in [0.717, 1.165) is 84.1 Å². The van der Waals surface area contributed by atoms with Gasteiger partial charge in [-0.25, -0.2) is 0 Å². The summed E-state index contributed by atoms with van der Waals surface area (Å²) >= 11 is 30.6. The van der Waals surface area contributed by atoms with Crippen LogP contribution in [0.15, 0.2) is 230 Å². The molecule has 14 rings (SSSR count). The fraction of sp³-hybridized carbons (Fsp3) is 0.400. The monoisotopic (exact) mass is 2340 g/mol. The van der Waals surface area contributed by atoms with Crippen molar-refractivity contribution >= 4 is 304 Å². The predicted molar refractivity (Wildman–Crippen MR) is 546 cm³/mol. The first-order chi connectivity index (χ1) is 54.1. The van der Waals surface area contributed by atoms with E-state index >= 15 is 0 Å². The Kier molecular flexibility index (Phi) is 29.4. The Balaban J connectivity index is 1.14. The SMILES string of the molecule is C[Si](C)(CC[Si]12O[Si]3(CC[Si](C)(C)c4ccc(Br)cc4)O[Si]4(CC[Si](C)(C)c5ccc(Br)cc5)O[Si](CC[Si](C)(C)c5ccc(Br)cc5)(O1)O[Si]1(CC[Si](C)(C)c5ccc(Br)cc5)O[Si](CC[Si](C)(C)c5ccc(Br)cc5)(O2)O[Si](CC[Si](C)(C)c2ccc(Br)cc2)(O3)O[Si](CC[Si](C)(C)c2ccc(Br)cc2)(O4)O1)c1ccc(Br)cc1. The molecule has 8 aromatic rings. The van der Waals surface area contributed by atoms with Crippen LogP contribution in [0.3, 0.4) is 0 Å². The number of benzene rings is 8. The number of halogens is 8. The van der Waals surface area contributed by atoms with Crippen LogP contribution in [-0.4, -0.2) is 135 Å². The standard InChI is InChI=1S/C80H112Br8O12Si16/c1-101(2,73-33-17-65(81)18-34-73)49-57-109-89-110(58-50-102(3,4)74-35-19-66(82)20-36-74)92-113(61-53-105(9,10)77-41-25-69(85)26-42-77)94-111(90-109,59-51-103(5,6)75-37-21-67(83)22-38-75)96-115(63-55-107(13,14)79-45-29-71(87)30-46-79)97-112(91-109,60-52-104(7,8)76-39-23-68(84)24-40-76)95-114(93-110,62-54-106(11,12)78-43-27-70(86)28-44-78)99-116(98-113,100-115)64-56-108(15,16)80-47-31-72(88)32-48-80/h17-48H,49-64H2,1-16H3. The fourth-order valence-electron chi connectivity index (χ4n) is 16.7. The molecule has 0 amide bonds. The lowest BCUT2D eigenvalue weighted by molar-refractivity contribution is -0.0286. The zero-order valence-electron chi connectivity index (χ0n) is 69.7. The van der Waals surface area contributed by atoms with E-state index in [9.17, 15) is 0 Å². The highest BCUT2D eigenvalue weighted by atomic mass is 79.9. The van der Waals surface area contributed by atoms with E-state index in [1.54, 1.807) is 0 Å². The van der Waals surface area contributed by atoms with Crippen molar-refractivity contribution in [1.82, 2.24) is 0 Å². The van der Waals surface area contributed by atoms with Crippen LogP contribution in [0.25, 0.3) is 0 Å². The van der Waals surface area contributed by atoms with Crippen molar-refractivity contribution in [3.8, 4) is 0 Å². The summed E-state index contributed by atoms with van der Waals surface area (Å²) in [5.41, 5.74) is 0. The highest BCUT2D eigenvalue weighted by molar-refractivity contribution is 9.11. The molecule has 6 aliphatic rings. The molecule has 36 heteroatoms. The van der Waals surface area contributed by atoms with Crippen LogP contribution in [0.4, 0.5) is 0 Å². The summed E-state index contributed by atoms with van der Waals surface area (Å²) < 4.78 is 117. The van der Waals surface area contributed by atoms with Gasteiger partial charge >= 0.3 is 70.4 Å². The zero-order chi connectivity index (χ0) is 83.7. The van der Waals surface area contributed by atoms with Crippen LogP contribution in [-0.2, 0) is 49.4 Å². The van der Waals surface area contributed by atoms with Gasteiger partial charge in [-0.3, -0.25) is 0 Å². The van der Waals surface area contributed by atoms with Gasteiger partial charge in [-0.2, -0.15) is 0 Å². The molecule has 6 aliphatic heterocycles. The van der Waals surface area contributed by atoms with Gasteiger partial charge in [0.1, 0.15) is 0 Å². The summed E-state index contributed by atoms with van der Waals surface area (Å²) in [7, 11) is -56.9. The molecule has 116 heavy (non-hydrogen) atoms. The first kappa shape index (κ1) is 94.2. The fourth-order valence-corrected chi connectivity index (χ4v) is 105. The molecular weight excluding hydrogens is 2240 g/mol. The van der Waals surface area contributed by atoms with Gasteiger partial charge < -0.3 is 49.4 Å². The van der Waals surface area contributed by atoms with Crippen LogP contribution in [0, 0.1) is 0 Å². The van der Waals surface area contributed by atoms with Crippen molar-refractivity contribution in [2.45, 2.75) is 201 Å². The number of hydrogen-bond acceptors (Lipinski definition) is 12. The van der Waals surface area contributed by atoms with Crippen molar-refractivity contribution < 1.29 is 49.4 Å². The second-order valence-electron chi connectivity index (χ2n) is 37.8. The molecule has 8 aromatic carbocycles. The van der Waals surface area contributed by atoms with Gasteiger partial charge in [0, 0.05) is 84.1 Å². The van der Waals surface area contributed by atoms with Crippen LogP contribution >= 0.6 is 127 Å². The maximum atomic E-state index is 9.08. The highest BCUT2D eigenvalue weighted by Gasteiger charge is 2.83. The maximum Gasteiger partial charge on any atom is 0.478 e. The molecule has 0 N–H and O–H groups in total.